The maximum absolute atomic E-state index is 12.1. The summed E-state index contributed by atoms with van der Waals surface area (Å²) in [6, 6.07) is 3.43. The van der Waals surface area contributed by atoms with Crippen LogP contribution >= 0.6 is 24.0 Å². The average Bonchev–Trinajstić information content (AvgIpc) is 2.36. The van der Waals surface area contributed by atoms with Crippen LogP contribution in [0.5, 0.6) is 0 Å². The predicted molar refractivity (Wildman–Crippen MR) is 78.9 cm³/mol. The minimum Gasteiger partial charge on any atom is -0.465 e. The highest BCUT2D eigenvalue weighted by Crippen LogP contribution is 2.21. The highest BCUT2D eigenvalue weighted by Gasteiger charge is 2.24. The van der Waals surface area contributed by atoms with E-state index in [2.05, 4.69) is 9.46 Å². The maximum atomic E-state index is 12.1. The van der Waals surface area contributed by atoms with Crippen LogP contribution in [-0.4, -0.2) is 34.1 Å². The number of nitrogens with one attached hydrogen (secondary N) is 1. The first kappa shape index (κ1) is 19.1. The lowest BCUT2D eigenvalue weighted by Gasteiger charge is -2.14. The van der Waals surface area contributed by atoms with Gasteiger partial charge in [0.15, 0.2) is 0 Å². The summed E-state index contributed by atoms with van der Waals surface area (Å²) in [6.45, 7) is 1.76. The number of esters is 1. The molecule has 1 rings (SSSR count). The fourth-order valence-corrected chi connectivity index (χ4v) is 2.99. The monoisotopic (exact) mass is 342 g/mol. The molecule has 0 saturated carbocycles. The molecule has 0 radical (unpaired) electrons. The summed E-state index contributed by atoms with van der Waals surface area (Å²) in [6.07, 6.45) is 0. The summed E-state index contributed by atoms with van der Waals surface area (Å²) in [5.41, 5.74) is 5.25. The molecule has 0 saturated heterocycles. The third-order valence-corrected chi connectivity index (χ3v) is 4.23. The van der Waals surface area contributed by atoms with Gasteiger partial charge in [-0.1, -0.05) is 11.6 Å². The van der Waals surface area contributed by atoms with Crippen molar-refractivity contribution in [3.05, 3.63) is 28.8 Å². The normalized spacial score (nSPS) is 12.4. The summed E-state index contributed by atoms with van der Waals surface area (Å²) in [5, 5.41) is 0.242. The van der Waals surface area contributed by atoms with Crippen molar-refractivity contribution in [1.82, 2.24) is 4.72 Å². The molecule has 9 heteroatoms. The number of methoxy groups -OCH3 is 1. The molecule has 6 nitrogen and oxygen atoms in total. The van der Waals surface area contributed by atoms with Crippen molar-refractivity contribution in [2.24, 2.45) is 5.73 Å². The van der Waals surface area contributed by atoms with Crippen molar-refractivity contribution < 1.29 is 17.9 Å². The van der Waals surface area contributed by atoms with Crippen LogP contribution < -0.4 is 10.5 Å². The lowest BCUT2D eigenvalue weighted by Crippen LogP contribution is -2.38. The summed E-state index contributed by atoms with van der Waals surface area (Å²) >= 11 is 5.76. The van der Waals surface area contributed by atoms with Gasteiger partial charge < -0.3 is 10.5 Å². The highest BCUT2D eigenvalue weighted by atomic mass is 35.5. The molecule has 1 aromatic rings. The van der Waals surface area contributed by atoms with Crippen molar-refractivity contribution >= 4 is 40.0 Å². The van der Waals surface area contributed by atoms with Crippen LogP contribution in [0.25, 0.3) is 0 Å². The summed E-state index contributed by atoms with van der Waals surface area (Å²) < 4.78 is 31.2. The van der Waals surface area contributed by atoms with Crippen LogP contribution in [0.2, 0.25) is 5.02 Å². The van der Waals surface area contributed by atoms with Crippen LogP contribution in [0.3, 0.4) is 0 Å². The Labute approximate surface area is 129 Å². The standard InChI is InChI=1S/C11H15ClN2O4S.ClH/c1-7(6-13)14-19(16,17)10-4-3-8(12)5-9(10)11(15)18-2;/h3-5,7,14H,6,13H2,1-2H3;1H/t7-;/m0./s1. The van der Waals surface area contributed by atoms with E-state index in [1.54, 1.807) is 6.92 Å². The first-order valence-corrected chi connectivity index (χ1v) is 7.28. The number of rotatable bonds is 5. The number of nitrogens with two attached hydrogens (primary N) is 1. The van der Waals surface area contributed by atoms with E-state index in [0.29, 0.717) is 0 Å². The Morgan fingerprint density at radius 2 is 2.10 bits per heavy atom. The third-order valence-electron chi connectivity index (χ3n) is 2.35. The maximum Gasteiger partial charge on any atom is 0.339 e. The quantitative estimate of drug-likeness (QED) is 0.782. The van der Waals surface area contributed by atoms with Crippen LogP contribution in [0, 0.1) is 0 Å². The van der Waals surface area contributed by atoms with Gasteiger partial charge in [-0.05, 0) is 25.1 Å². The van der Waals surface area contributed by atoms with E-state index in [9.17, 15) is 13.2 Å². The average molecular weight is 343 g/mol. The van der Waals surface area contributed by atoms with E-state index in [-0.39, 0.29) is 34.4 Å². The van der Waals surface area contributed by atoms with E-state index in [4.69, 9.17) is 17.3 Å². The molecule has 0 fully saturated rings. The molecule has 0 aromatic heterocycles. The topological polar surface area (TPSA) is 98.5 Å². The van der Waals surface area contributed by atoms with Crippen molar-refractivity contribution in [2.45, 2.75) is 17.9 Å². The molecule has 0 aliphatic carbocycles. The Kier molecular flexibility index (Phi) is 7.46. The smallest absolute Gasteiger partial charge is 0.339 e. The zero-order valence-electron chi connectivity index (χ0n) is 10.9. The molecule has 0 bridgehead atoms. The second kappa shape index (κ2) is 7.80. The van der Waals surface area contributed by atoms with Gasteiger partial charge in [0.25, 0.3) is 0 Å². The first-order chi connectivity index (χ1) is 8.81. The molecule has 1 aromatic carbocycles. The molecule has 0 spiro atoms. The zero-order chi connectivity index (χ0) is 14.6. The summed E-state index contributed by atoms with van der Waals surface area (Å²) in [7, 11) is -2.70. The molecule has 0 heterocycles. The molecule has 114 valence electrons. The van der Waals surface area contributed by atoms with Gasteiger partial charge in [0.1, 0.15) is 0 Å². The molecule has 0 aliphatic heterocycles. The lowest BCUT2D eigenvalue weighted by molar-refractivity contribution is 0.0596. The fourth-order valence-electron chi connectivity index (χ4n) is 1.38. The molecule has 3 N–H and O–H groups in total. The van der Waals surface area contributed by atoms with Gasteiger partial charge in [0, 0.05) is 17.6 Å². The largest absolute Gasteiger partial charge is 0.465 e. The Balaban J connectivity index is 0.00000361. The van der Waals surface area contributed by atoms with Gasteiger partial charge in [-0.3, -0.25) is 0 Å². The number of halogens is 2. The Morgan fingerprint density at radius 3 is 2.60 bits per heavy atom. The molecule has 0 aliphatic rings. The Bertz CT molecular complexity index is 578. The van der Waals surface area contributed by atoms with Crippen LogP contribution in [0.15, 0.2) is 23.1 Å². The number of ether oxygens (including phenoxy) is 1. The van der Waals surface area contributed by atoms with Crippen molar-refractivity contribution in [3.8, 4) is 0 Å². The van der Waals surface area contributed by atoms with Crippen LogP contribution in [0.4, 0.5) is 0 Å². The van der Waals surface area contributed by atoms with Gasteiger partial charge in [0.05, 0.1) is 17.6 Å². The summed E-state index contributed by atoms with van der Waals surface area (Å²) in [5.74, 6) is -0.775. The molecule has 0 amide bonds. The van der Waals surface area contributed by atoms with E-state index in [1.807, 2.05) is 0 Å². The SMILES string of the molecule is COC(=O)c1cc(Cl)ccc1S(=O)(=O)N[C@@H](C)CN.Cl. The highest BCUT2D eigenvalue weighted by molar-refractivity contribution is 7.89. The van der Waals surface area contributed by atoms with Crippen LogP contribution in [0.1, 0.15) is 17.3 Å². The number of hydrogen-bond acceptors (Lipinski definition) is 5. The molecular formula is C11H16Cl2N2O4S. The van der Waals surface area contributed by atoms with Crippen molar-refractivity contribution in [1.29, 1.82) is 0 Å². The second-order valence-electron chi connectivity index (χ2n) is 3.89. The van der Waals surface area contributed by atoms with Crippen molar-refractivity contribution in [2.75, 3.05) is 13.7 Å². The number of hydrogen-bond donors (Lipinski definition) is 2. The fraction of sp³-hybridized carbons (Fsp3) is 0.364. The molecule has 20 heavy (non-hydrogen) atoms. The van der Waals surface area contributed by atoms with E-state index < -0.39 is 22.0 Å². The van der Waals surface area contributed by atoms with Crippen molar-refractivity contribution in [3.63, 3.8) is 0 Å². The number of carbonyl (C=O) groups excluding carboxylic acids is 1. The van der Waals surface area contributed by atoms with Gasteiger partial charge in [-0.15, -0.1) is 12.4 Å². The van der Waals surface area contributed by atoms with E-state index >= 15 is 0 Å². The van der Waals surface area contributed by atoms with Gasteiger partial charge in [-0.25, -0.2) is 17.9 Å². The van der Waals surface area contributed by atoms with Gasteiger partial charge in [0.2, 0.25) is 10.0 Å². The third kappa shape index (κ3) is 4.60. The van der Waals surface area contributed by atoms with E-state index in [1.165, 1.54) is 18.2 Å². The Hall–Kier alpha value is -0.860. The molecule has 0 unspecified atom stereocenters. The molecular weight excluding hydrogens is 327 g/mol. The number of sulfonamides is 1. The van der Waals surface area contributed by atoms with Crippen LogP contribution in [-0.2, 0) is 14.8 Å². The van der Waals surface area contributed by atoms with E-state index in [0.717, 1.165) is 7.11 Å². The van der Waals surface area contributed by atoms with Gasteiger partial charge in [-0.2, -0.15) is 0 Å². The molecule has 1 atom stereocenters. The second-order valence-corrected chi connectivity index (χ2v) is 6.01. The zero-order valence-corrected chi connectivity index (χ0v) is 13.3. The summed E-state index contributed by atoms with van der Waals surface area (Å²) in [4.78, 5) is 11.4. The predicted octanol–water partition coefficient (Wildman–Crippen LogP) is 1.17. The minimum atomic E-state index is -3.86. The lowest BCUT2D eigenvalue weighted by atomic mass is 10.2. The Morgan fingerprint density at radius 1 is 1.50 bits per heavy atom. The number of benzene rings is 1. The first-order valence-electron chi connectivity index (χ1n) is 5.42. The number of carbonyl (C=O) groups is 1. The van der Waals surface area contributed by atoms with Gasteiger partial charge >= 0.3 is 5.97 Å². The minimum absolute atomic E-state index is 0.